The van der Waals surface area contributed by atoms with Crippen LogP contribution in [0.5, 0.6) is 0 Å². The molecule has 488 valence electrons. The molecule has 6 amide bonds. The highest BCUT2D eigenvalue weighted by atomic mass is 32.3. The summed E-state index contributed by atoms with van der Waals surface area (Å²) in [5.74, 6) is 3.60. The molecule has 2 saturated carbocycles. The van der Waals surface area contributed by atoms with Gasteiger partial charge in [-0.2, -0.15) is 22.8 Å². The van der Waals surface area contributed by atoms with Gasteiger partial charge in [-0.05, 0) is 103 Å². The summed E-state index contributed by atoms with van der Waals surface area (Å²) in [5.41, 5.74) is 8.05. The van der Waals surface area contributed by atoms with Gasteiger partial charge in [-0.1, -0.05) is 77.7 Å². The number of hydrogen-bond donors (Lipinski definition) is 3. The molecule has 0 spiro atoms. The van der Waals surface area contributed by atoms with E-state index in [2.05, 4.69) is 85.0 Å². The molecule has 10 heterocycles. The van der Waals surface area contributed by atoms with E-state index in [0.29, 0.717) is 90.6 Å². The minimum absolute atomic E-state index is 0.0637. The molecule has 9 aliphatic rings. The molecule has 32 heteroatoms. The van der Waals surface area contributed by atoms with Crippen LogP contribution in [0, 0.1) is 0 Å². The van der Waals surface area contributed by atoms with Gasteiger partial charge in [0.05, 0.1) is 62.6 Å². The van der Waals surface area contributed by atoms with Gasteiger partial charge in [0.2, 0.25) is 45.7 Å². The van der Waals surface area contributed by atoms with Gasteiger partial charge in [-0.15, -0.1) is 34.9 Å². The average Bonchev–Trinajstić information content (AvgIpc) is 1.78. The number of hydrogen-bond acceptors (Lipinski definition) is 22. The number of amides is 6. The van der Waals surface area contributed by atoms with Gasteiger partial charge in [-0.25, -0.2) is 27.9 Å². The summed E-state index contributed by atoms with van der Waals surface area (Å²) in [6.07, 6.45) is 20.7. The van der Waals surface area contributed by atoms with Crippen LogP contribution < -0.4 is 5.73 Å². The molecule has 6 bridgehead atoms. The Morgan fingerprint density at radius 1 is 0.557 bits per heavy atom. The third-order valence-electron chi connectivity index (χ3n) is 18.3. The highest BCUT2D eigenvalue weighted by Crippen LogP contribution is 2.44. The number of aliphatic imine (C=N–C) groups is 1. The summed E-state index contributed by atoms with van der Waals surface area (Å²) in [5, 5.41) is 36.4. The van der Waals surface area contributed by atoms with E-state index in [0.717, 1.165) is 62.0 Å². The minimum atomic E-state index is -5.00. The number of hydroxylamine groups is 6. The number of piperidine rings is 3. The second-order valence-corrected chi connectivity index (χ2v) is 26.7. The van der Waals surface area contributed by atoms with Crippen LogP contribution in [0.15, 0.2) is 42.5 Å². The number of allylic oxidation sites excluding steroid dienone is 2. The molecule has 3 unspecified atom stereocenters. The number of nitrogens with two attached hydrogens (primary N) is 1. The smallest absolute Gasteiger partial charge is 0.418 e. The lowest BCUT2D eigenvalue weighted by Gasteiger charge is -2.39. The van der Waals surface area contributed by atoms with Crippen LogP contribution in [-0.2, 0) is 29.4 Å². The Morgan fingerprint density at radius 3 is 1.30 bits per heavy atom. The van der Waals surface area contributed by atoms with E-state index >= 15 is 0 Å². The van der Waals surface area contributed by atoms with E-state index in [1.807, 2.05) is 0 Å². The Labute approximate surface area is 514 Å². The van der Waals surface area contributed by atoms with Crippen LogP contribution >= 0.6 is 0 Å². The lowest BCUT2D eigenvalue weighted by Crippen LogP contribution is -2.50. The van der Waals surface area contributed by atoms with Crippen LogP contribution in [0.4, 0.5) is 14.4 Å². The number of aromatic nitrogens is 6. The Hall–Kier alpha value is -6.16. The van der Waals surface area contributed by atoms with Crippen molar-refractivity contribution in [3.05, 3.63) is 59.6 Å². The van der Waals surface area contributed by atoms with Crippen molar-refractivity contribution in [3.8, 4) is 0 Å². The summed E-state index contributed by atoms with van der Waals surface area (Å²) >= 11 is 0. The monoisotopic (exact) mass is 1270 g/mol. The van der Waals surface area contributed by atoms with Gasteiger partial charge in [0.25, 0.3) is 0 Å². The molecule has 2 aliphatic carbocycles. The van der Waals surface area contributed by atoms with Gasteiger partial charge in [0, 0.05) is 37.9 Å². The first-order valence-corrected chi connectivity index (χ1v) is 34.0. The van der Waals surface area contributed by atoms with Crippen molar-refractivity contribution >= 4 is 44.7 Å². The summed E-state index contributed by atoms with van der Waals surface area (Å²) in [7, 11) is -9.78. The summed E-state index contributed by atoms with van der Waals surface area (Å²) in [4.78, 5) is 45.3. The fraction of sp³-hybridized carbons (Fsp3) is 0.750. The first-order valence-electron chi connectivity index (χ1n) is 31.3. The number of nitrogens with zero attached hydrogens (tertiary/aromatic N) is 14. The van der Waals surface area contributed by atoms with Gasteiger partial charge >= 0.3 is 28.5 Å². The fourth-order valence-electron chi connectivity index (χ4n) is 13.4. The van der Waals surface area contributed by atoms with Crippen molar-refractivity contribution in [3.63, 3.8) is 0 Å². The van der Waals surface area contributed by atoms with E-state index in [-0.39, 0.29) is 54.8 Å². The van der Waals surface area contributed by atoms with Gasteiger partial charge < -0.3 is 42.7 Å². The lowest BCUT2D eigenvalue weighted by molar-refractivity contribution is -0.929. The third kappa shape index (κ3) is 15.9. The number of rotatable bonds is 22. The average molecular weight is 1270 g/mol. The summed E-state index contributed by atoms with van der Waals surface area (Å²) in [6.45, 7) is 24.5. The predicted molar refractivity (Wildman–Crippen MR) is 312 cm³/mol. The largest absolute Gasteiger partial charge is 0.724 e. The minimum Gasteiger partial charge on any atom is -0.724 e. The maximum atomic E-state index is 12.4. The highest BCUT2D eigenvalue weighted by Gasteiger charge is 2.51. The Balaban J connectivity index is 0.000000141. The SMILES string of the molecule is C=C1CCC(c2nnc([C@@H]3CC[C@@H]4CN3C(=O)N4O)o2)C1.C=C1CCC(c2nnc([C@@H]3CC[C@@H]4CN3C(=O)N4OS(=O)(=O)[O-])o2)C1.CCCC[N+](CCCC)(CCCC)CCCC.NC1=NCC(c2nnc([C@@H]3CC[C@@H]4CN3C(=O)N4OS(=O)(=O)O)o2)C1. The number of carbonyl (C=O) groups excluding carboxylic acids is 3. The van der Waals surface area contributed by atoms with Crippen LogP contribution in [-0.4, -0.2) is 191 Å². The maximum absolute atomic E-state index is 12.4. The number of amidine groups is 1. The molecule has 6 saturated heterocycles. The van der Waals surface area contributed by atoms with E-state index < -0.39 is 57.0 Å². The van der Waals surface area contributed by atoms with Crippen molar-refractivity contribution in [1.29, 1.82) is 0 Å². The van der Waals surface area contributed by atoms with Gasteiger partial charge in [0.1, 0.15) is 18.1 Å². The van der Waals surface area contributed by atoms with Crippen molar-refractivity contribution in [1.82, 2.24) is 60.5 Å². The van der Waals surface area contributed by atoms with Crippen LogP contribution in [0.1, 0.15) is 234 Å². The van der Waals surface area contributed by atoms with Gasteiger partial charge in [0.15, 0.2) is 0 Å². The Morgan fingerprint density at radius 2 is 0.932 bits per heavy atom. The van der Waals surface area contributed by atoms with Crippen LogP contribution in [0.25, 0.3) is 0 Å². The topological polar surface area (TPSA) is 376 Å². The van der Waals surface area contributed by atoms with Crippen molar-refractivity contribution in [2.75, 3.05) is 52.4 Å². The molecular weight excluding hydrogens is 1190 g/mol. The van der Waals surface area contributed by atoms with Crippen LogP contribution in [0.2, 0.25) is 0 Å². The van der Waals surface area contributed by atoms with Crippen molar-refractivity contribution < 1.29 is 71.8 Å². The van der Waals surface area contributed by atoms with Crippen LogP contribution in [0.3, 0.4) is 0 Å². The second-order valence-electron chi connectivity index (χ2n) is 24.7. The molecule has 4 N–H and O–H groups in total. The molecular formula is C56H87N15O15S2. The number of urea groups is 3. The van der Waals surface area contributed by atoms with E-state index in [1.165, 1.54) is 97.4 Å². The van der Waals surface area contributed by atoms with Gasteiger partial charge in [-0.3, -0.25) is 14.8 Å². The molecule has 30 nitrogen and oxygen atoms in total. The normalized spacial score (nSPS) is 26.8. The quantitative estimate of drug-likeness (QED) is 0.0281. The third-order valence-corrected chi connectivity index (χ3v) is 19.0. The molecule has 0 radical (unpaired) electrons. The summed E-state index contributed by atoms with van der Waals surface area (Å²) < 4.78 is 90.5. The Kier molecular flexibility index (Phi) is 21.7. The van der Waals surface area contributed by atoms with Crippen molar-refractivity contribution in [2.45, 2.75) is 217 Å². The predicted octanol–water partition coefficient (Wildman–Crippen LogP) is 8.04. The van der Waals surface area contributed by atoms with Crippen molar-refractivity contribution in [2.24, 2.45) is 10.7 Å². The second kappa shape index (κ2) is 28.8. The molecule has 3 aromatic heterocycles. The fourth-order valence-corrected chi connectivity index (χ4v) is 14.2. The maximum Gasteiger partial charge on any atom is 0.418 e. The molecule has 12 rings (SSSR count). The molecule has 8 fully saturated rings. The summed E-state index contributed by atoms with van der Waals surface area (Å²) in [6, 6.07) is -3.89. The molecule has 7 aliphatic heterocycles. The first kappa shape index (κ1) is 66.3. The molecule has 88 heavy (non-hydrogen) atoms. The zero-order valence-electron chi connectivity index (χ0n) is 51.0. The number of quaternary nitrogens is 1. The molecule has 3 aromatic rings. The number of carbonyl (C=O) groups is 3. The number of unbranched alkanes of at least 4 members (excludes halogenated alkanes) is 4. The number of fused-ring (bicyclic) bond motifs is 6. The zero-order chi connectivity index (χ0) is 63.1. The van der Waals surface area contributed by atoms with E-state index in [1.54, 1.807) is 4.90 Å². The molecule has 0 aromatic carbocycles. The standard InChI is InChI=1S/C16H36N.C14H18N4O6S.C14H18N4O3.C12H16N6O6S/c1-5-9-13-17(14-10-6-2,15-11-7-3)16-12-8-4;1-8-2-3-9(6-8)12-15-16-13(23-12)11-5-4-10-7-17(11)14(19)18(10)24-25(20,21)22;1-8-2-3-9(6-8)12-15-16-13(21-12)11-5-4-10-7-17(11)14(19)18(10)20;13-9-3-6(4-14-9)10-15-16-11(23-10)8-2-1-7-5-17(8)12(19)18(7)24-25(20,21)22/h5-16H2,1-4H3;9-11H,1-7H2,(H,20,21,22);9-11,20H,1-7H2;6-8H,1-5H2,(H2,13,14)(H,20,21,22)/q+1;;;/p-1/t;2*9?,10-,11+;6?,7-,8+/m.111/s1. The van der Waals surface area contributed by atoms with E-state index in [9.17, 15) is 41.0 Å². The zero-order valence-corrected chi connectivity index (χ0v) is 52.6. The lowest BCUT2D eigenvalue weighted by atomic mass is 10.0. The molecule has 9 atom stereocenters. The Bertz CT molecular complexity index is 3160. The first-order chi connectivity index (χ1) is 42.0. The highest BCUT2D eigenvalue weighted by molar-refractivity contribution is 7.81. The van der Waals surface area contributed by atoms with E-state index in [4.69, 9.17) is 23.5 Å².